The summed E-state index contributed by atoms with van der Waals surface area (Å²) in [7, 11) is 0. The fourth-order valence-electron chi connectivity index (χ4n) is 4.08. The van der Waals surface area contributed by atoms with Crippen molar-refractivity contribution in [2.24, 2.45) is 5.73 Å². The van der Waals surface area contributed by atoms with E-state index >= 15 is 0 Å². The Bertz CT molecular complexity index is 1260. The Hall–Kier alpha value is -3.79. The number of amides is 2. The van der Waals surface area contributed by atoms with E-state index in [1.807, 2.05) is 0 Å². The van der Waals surface area contributed by atoms with Gasteiger partial charge in [-0.25, -0.2) is 22.5 Å². The van der Waals surface area contributed by atoms with Crippen molar-refractivity contribution in [1.82, 2.24) is 14.8 Å². The molecule has 1 aliphatic rings. The number of benzene rings is 2. The molecule has 3 aromatic rings. The quantitative estimate of drug-likeness (QED) is 0.415. The maximum absolute atomic E-state index is 13.9. The minimum absolute atomic E-state index is 0.0972. The van der Waals surface area contributed by atoms with Crippen molar-refractivity contribution in [2.45, 2.75) is 18.9 Å². The molecular weight excluding hydrogens is 476 g/mol. The van der Waals surface area contributed by atoms with Crippen molar-refractivity contribution in [3.05, 3.63) is 89.1 Å². The summed E-state index contributed by atoms with van der Waals surface area (Å²) in [6.45, 7) is 1.16. The Morgan fingerprint density at radius 3 is 2.19 bits per heavy atom. The van der Waals surface area contributed by atoms with Gasteiger partial charge in [-0.2, -0.15) is 0 Å². The van der Waals surface area contributed by atoms with Gasteiger partial charge in [-0.05, 0) is 54.4 Å². The van der Waals surface area contributed by atoms with E-state index in [4.69, 9.17) is 5.73 Å². The van der Waals surface area contributed by atoms with Crippen molar-refractivity contribution in [1.29, 1.82) is 0 Å². The molecule has 2 amide bonds. The number of hydrogen-bond acceptors (Lipinski definition) is 4. The minimum Gasteiger partial charge on any atom is -0.339 e. The molecule has 1 saturated heterocycles. The highest BCUT2D eigenvalue weighted by molar-refractivity contribution is 5.93. The highest BCUT2D eigenvalue weighted by Crippen LogP contribution is 2.19. The van der Waals surface area contributed by atoms with E-state index in [1.54, 1.807) is 40.1 Å². The molecule has 36 heavy (non-hydrogen) atoms. The fourth-order valence-corrected chi connectivity index (χ4v) is 4.08. The zero-order valence-electron chi connectivity index (χ0n) is 19.3. The summed E-state index contributed by atoms with van der Waals surface area (Å²) in [4.78, 5) is 33.2. The topological polar surface area (TPSA) is 79.5 Å². The van der Waals surface area contributed by atoms with Gasteiger partial charge in [0.05, 0.1) is 5.69 Å². The largest absolute Gasteiger partial charge is 0.339 e. The van der Waals surface area contributed by atoms with Gasteiger partial charge < -0.3 is 15.5 Å². The number of carbonyl (C=O) groups is 2. The van der Waals surface area contributed by atoms with E-state index in [9.17, 15) is 27.2 Å². The summed E-state index contributed by atoms with van der Waals surface area (Å²) in [5.41, 5.74) is 7.34. The zero-order chi connectivity index (χ0) is 25.8. The van der Waals surface area contributed by atoms with E-state index in [1.165, 1.54) is 12.1 Å². The molecule has 1 atom stereocenters. The monoisotopic (exact) mass is 500 g/mol. The van der Waals surface area contributed by atoms with Gasteiger partial charge in [0.1, 0.15) is 17.3 Å². The maximum atomic E-state index is 13.9. The lowest BCUT2D eigenvalue weighted by Crippen LogP contribution is -2.51. The van der Waals surface area contributed by atoms with Crippen LogP contribution in [0.4, 0.5) is 17.6 Å². The van der Waals surface area contributed by atoms with Crippen LogP contribution in [0.1, 0.15) is 22.5 Å². The first-order valence-corrected chi connectivity index (χ1v) is 11.4. The number of nitrogens with two attached hydrogens (primary N) is 1. The van der Waals surface area contributed by atoms with Gasteiger partial charge >= 0.3 is 0 Å². The molecule has 0 saturated carbocycles. The molecule has 2 N–H and O–H groups in total. The zero-order valence-corrected chi connectivity index (χ0v) is 19.3. The van der Waals surface area contributed by atoms with E-state index in [2.05, 4.69) is 4.98 Å². The SMILES string of the molecule is N[C@@H](CC(=O)N1CCN(C(=O)c2cccc(-c3ccc(F)cc3)n2)CC1)Cc1cc(F)c(F)cc1F. The summed E-state index contributed by atoms with van der Waals surface area (Å²) >= 11 is 0. The van der Waals surface area contributed by atoms with E-state index in [-0.39, 0.29) is 54.8 Å². The van der Waals surface area contributed by atoms with Gasteiger partial charge in [0.2, 0.25) is 5.91 Å². The van der Waals surface area contributed by atoms with Crippen molar-refractivity contribution in [3.8, 4) is 11.3 Å². The third kappa shape index (κ3) is 5.88. The molecule has 2 heterocycles. The number of pyridine rings is 1. The smallest absolute Gasteiger partial charge is 0.272 e. The Morgan fingerprint density at radius 2 is 1.50 bits per heavy atom. The average molecular weight is 500 g/mol. The lowest BCUT2D eigenvalue weighted by atomic mass is 10.0. The van der Waals surface area contributed by atoms with Gasteiger partial charge in [0.15, 0.2) is 11.6 Å². The number of carbonyl (C=O) groups excluding carboxylic acids is 2. The van der Waals surface area contributed by atoms with Crippen LogP contribution in [0.2, 0.25) is 0 Å². The molecule has 0 radical (unpaired) electrons. The number of halogens is 4. The molecule has 4 rings (SSSR count). The molecule has 2 aromatic carbocycles. The third-order valence-electron chi connectivity index (χ3n) is 6.04. The minimum atomic E-state index is -1.29. The molecule has 1 aromatic heterocycles. The standard InChI is InChI=1S/C26H24F4N4O2/c27-18-6-4-16(5-7-18)23-2-1-3-24(32-23)26(36)34-10-8-33(9-11-34)25(35)14-19(31)12-17-13-21(29)22(30)15-20(17)28/h1-7,13,15,19H,8-12,14,31H2/t19-/m1/s1. The number of rotatable bonds is 6. The number of hydrogen-bond donors (Lipinski definition) is 1. The van der Waals surface area contributed by atoms with Crippen LogP contribution in [0.3, 0.4) is 0 Å². The molecule has 0 unspecified atom stereocenters. The van der Waals surface area contributed by atoms with Gasteiger partial charge in [-0.3, -0.25) is 9.59 Å². The van der Waals surface area contributed by atoms with Crippen LogP contribution in [-0.2, 0) is 11.2 Å². The summed E-state index contributed by atoms with van der Waals surface area (Å²) in [5.74, 6) is -4.29. The van der Waals surface area contributed by atoms with Crippen LogP contribution in [0.25, 0.3) is 11.3 Å². The molecule has 10 heteroatoms. The molecule has 0 aliphatic carbocycles. The second-order valence-corrected chi connectivity index (χ2v) is 8.61. The molecule has 188 valence electrons. The van der Waals surface area contributed by atoms with Crippen molar-refractivity contribution in [2.75, 3.05) is 26.2 Å². The van der Waals surface area contributed by atoms with E-state index in [0.717, 1.165) is 6.07 Å². The molecule has 0 bridgehead atoms. The first-order valence-electron chi connectivity index (χ1n) is 11.4. The van der Waals surface area contributed by atoms with Crippen LogP contribution in [-0.4, -0.2) is 58.8 Å². The van der Waals surface area contributed by atoms with Gasteiger partial charge in [0, 0.05) is 50.3 Å². The number of nitrogens with zero attached hydrogens (tertiary/aromatic N) is 3. The second kappa shape index (κ2) is 10.9. The molecule has 6 nitrogen and oxygen atoms in total. The molecular formula is C26H24F4N4O2. The molecule has 0 spiro atoms. The van der Waals surface area contributed by atoms with Crippen LogP contribution in [0.15, 0.2) is 54.6 Å². The Labute approximate surface area is 205 Å². The van der Waals surface area contributed by atoms with Gasteiger partial charge in [-0.1, -0.05) is 6.07 Å². The predicted octanol–water partition coefficient (Wildman–Crippen LogP) is 3.55. The lowest BCUT2D eigenvalue weighted by Gasteiger charge is -2.35. The summed E-state index contributed by atoms with van der Waals surface area (Å²) in [6.07, 6.45) is -0.225. The van der Waals surface area contributed by atoms with Crippen LogP contribution < -0.4 is 5.73 Å². The number of piperazine rings is 1. The first-order chi connectivity index (χ1) is 17.2. The van der Waals surface area contributed by atoms with E-state index < -0.39 is 23.5 Å². The fraction of sp³-hybridized carbons (Fsp3) is 0.269. The van der Waals surface area contributed by atoms with Crippen molar-refractivity contribution < 1.29 is 27.2 Å². The summed E-state index contributed by atoms with van der Waals surface area (Å²) < 4.78 is 53.6. The van der Waals surface area contributed by atoms with E-state index in [0.29, 0.717) is 30.4 Å². The predicted molar refractivity (Wildman–Crippen MR) is 125 cm³/mol. The summed E-state index contributed by atoms with van der Waals surface area (Å²) in [5, 5.41) is 0. The highest BCUT2D eigenvalue weighted by Gasteiger charge is 2.27. The maximum Gasteiger partial charge on any atom is 0.272 e. The first kappa shape index (κ1) is 25.3. The van der Waals surface area contributed by atoms with Crippen molar-refractivity contribution in [3.63, 3.8) is 0 Å². The van der Waals surface area contributed by atoms with Crippen LogP contribution in [0, 0.1) is 23.3 Å². The van der Waals surface area contributed by atoms with Crippen LogP contribution in [0.5, 0.6) is 0 Å². The highest BCUT2D eigenvalue weighted by atomic mass is 19.2. The Kier molecular flexibility index (Phi) is 7.64. The normalized spacial score (nSPS) is 14.6. The third-order valence-corrected chi connectivity index (χ3v) is 6.04. The summed E-state index contributed by atoms with van der Waals surface area (Å²) in [6, 6.07) is 11.3. The van der Waals surface area contributed by atoms with Crippen molar-refractivity contribution >= 4 is 11.8 Å². The van der Waals surface area contributed by atoms with Gasteiger partial charge in [0.25, 0.3) is 5.91 Å². The second-order valence-electron chi connectivity index (χ2n) is 8.61. The van der Waals surface area contributed by atoms with Crippen LogP contribution >= 0.6 is 0 Å². The Balaban J connectivity index is 1.31. The number of aromatic nitrogens is 1. The van der Waals surface area contributed by atoms with Gasteiger partial charge in [-0.15, -0.1) is 0 Å². The molecule has 1 fully saturated rings. The Morgan fingerprint density at radius 1 is 0.861 bits per heavy atom. The lowest BCUT2D eigenvalue weighted by molar-refractivity contribution is -0.133. The average Bonchev–Trinajstić information content (AvgIpc) is 2.87. The molecule has 1 aliphatic heterocycles.